The summed E-state index contributed by atoms with van der Waals surface area (Å²) >= 11 is 0. The number of ether oxygens (including phenoxy) is 1. The third-order valence-corrected chi connectivity index (χ3v) is 3.84. The molecule has 2 heterocycles. The monoisotopic (exact) mass is 212 g/mol. The van der Waals surface area contributed by atoms with Crippen LogP contribution in [0.5, 0.6) is 0 Å². The van der Waals surface area contributed by atoms with Crippen molar-refractivity contribution >= 4 is 0 Å². The van der Waals surface area contributed by atoms with E-state index in [1.54, 1.807) is 0 Å². The zero-order valence-electron chi connectivity index (χ0n) is 9.87. The lowest BCUT2D eigenvalue weighted by Crippen LogP contribution is -2.52. The summed E-state index contributed by atoms with van der Waals surface area (Å²) in [5, 5.41) is 0. The molecule has 0 saturated carbocycles. The first-order valence-electron chi connectivity index (χ1n) is 6.30. The van der Waals surface area contributed by atoms with Gasteiger partial charge in [0, 0.05) is 19.2 Å². The van der Waals surface area contributed by atoms with Gasteiger partial charge in [-0.1, -0.05) is 12.8 Å². The molecule has 0 amide bonds. The third kappa shape index (κ3) is 2.92. The maximum absolute atomic E-state index is 6.34. The molecule has 0 aromatic carbocycles. The van der Waals surface area contributed by atoms with Gasteiger partial charge in [0.2, 0.25) is 0 Å². The predicted octanol–water partition coefficient (Wildman–Crippen LogP) is 1.37. The Kier molecular flexibility index (Phi) is 3.65. The molecule has 2 atom stereocenters. The van der Waals surface area contributed by atoms with Gasteiger partial charge in [-0.25, -0.2) is 0 Å². The number of hydrogen-bond acceptors (Lipinski definition) is 3. The number of rotatable bonds is 2. The van der Waals surface area contributed by atoms with Crippen LogP contribution in [0.1, 0.15) is 39.0 Å². The predicted molar refractivity (Wildman–Crippen MR) is 61.9 cm³/mol. The molecule has 2 N–H and O–H groups in total. The number of hydrogen-bond donors (Lipinski definition) is 1. The van der Waals surface area contributed by atoms with Crippen LogP contribution in [0, 0.1) is 0 Å². The molecule has 0 radical (unpaired) electrons. The van der Waals surface area contributed by atoms with Crippen molar-refractivity contribution in [2.75, 3.05) is 26.3 Å². The van der Waals surface area contributed by atoms with Crippen LogP contribution in [0.15, 0.2) is 0 Å². The summed E-state index contributed by atoms with van der Waals surface area (Å²) in [5.41, 5.74) is 6.27. The summed E-state index contributed by atoms with van der Waals surface area (Å²) in [7, 11) is 0. The van der Waals surface area contributed by atoms with Crippen molar-refractivity contribution in [2.24, 2.45) is 5.73 Å². The van der Waals surface area contributed by atoms with E-state index in [4.69, 9.17) is 10.5 Å². The minimum Gasteiger partial charge on any atom is -0.379 e. The van der Waals surface area contributed by atoms with Crippen molar-refractivity contribution in [1.82, 2.24) is 4.90 Å². The van der Waals surface area contributed by atoms with Crippen LogP contribution in [0.3, 0.4) is 0 Å². The molecule has 2 aliphatic heterocycles. The van der Waals surface area contributed by atoms with E-state index in [1.807, 2.05) is 0 Å². The second-order valence-corrected chi connectivity index (χ2v) is 5.33. The van der Waals surface area contributed by atoms with Crippen LogP contribution in [-0.4, -0.2) is 42.8 Å². The Bertz CT molecular complexity index is 202. The van der Waals surface area contributed by atoms with Crippen molar-refractivity contribution < 1.29 is 4.74 Å². The van der Waals surface area contributed by atoms with Gasteiger partial charge in [0.05, 0.1) is 12.1 Å². The summed E-state index contributed by atoms with van der Waals surface area (Å²) in [5.74, 6) is 0. The zero-order valence-corrected chi connectivity index (χ0v) is 9.87. The van der Waals surface area contributed by atoms with Crippen LogP contribution in [0.25, 0.3) is 0 Å². The Hall–Kier alpha value is -0.120. The highest BCUT2D eigenvalue weighted by Crippen LogP contribution is 2.22. The Balaban J connectivity index is 1.90. The Labute approximate surface area is 93.0 Å². The molecule has 0 aromatic heterocycles. The average Bonchev–Trinajstić information content (AvgIpc) is 2.53. The van der Waals surface area contributed by atoms with Gasteiger partial charge < -0.3 is 10.5 Å². The molecule has 0 aromatic rings. The minimum absolute atomic E-state index is 0.0708. The second-order valence-electron chi connectivity index (χ2n) is 5.33. The average molecular weight is 212 g/mol. The first-order valence-corrected chi connectivity index (χ1v) is 6.30. The fourth-order valence-electron chi connectivity index (χ4n) is 2.72. The Morgan fingerprint density at radius 2 is 2.27 bits per heavy atom. The van der Waals surface area contributed by atoms with Crippen molar-refractivity contribution in [3.63, 3.8) is 0 Å². The Morgan fingerprint density at radius 3 is 3.00 bits per heavy atom. The maximum Gasteiger partial charge on any atom is 0.0659 e. The quantitative estimate of drug-likeness (QED) is 0.751. The van der Waals surface area contributed by atoms with Crippen LogP contribution in [0.2, 0.25) is 0 Å². The fourth-order valence-corrected chi connectivity index (χ4v) is 2.72. The van der Waals surface area contributed by atoms with Crippen LogP contribution >= 0.6 is 0 Å². The van der Waals surface area contributed by atoms with Gasteiger partial charge in [0.15, 0.2) is 0 Å². The third-order valence-electron chi connectivity index (χ3n) is 3.84. The second kappa shape index (κ2) is 4.81. The van der Waals surface area contributed by atoms with E-state index in [2.05, 4.69) is 11.8 Å². The van der Waals surface area contributed by atoms with Gasteiger partial charge in [0.25, 0.3) is 0 Å². The van der Waals surface area contributed by atoms with E-state index < -0.39 is 0 Å². The lowest BCUT2D eigenvalue weighted by atomic mass is 9.98. The first kappa shape index (κ1) is 11.4. The molecule has 0 bridgehead atoms. The molecule has 2 fully saturated rings. The topological polar surface area (TPSA) is 38.5 Å². The van der Waals surface area contributed by atoms with Crippen molar-refractivity contribution in [1.29, 1.82) is 0 Å². The lowest BCUT2D eigenvalue weighted by molar-refractivity contribution is 0.134. The van der Waals surface area contributed by atoms with E-state index >= 15 is 0 Å². The Morgan fingerprint density at radius 1 is 1.40 bits per heavy atom. The van der Waals surface area contributed by atoms with Crippen LogP contribution < -0.4 is 5.73 Å². The van der Waals surface area contributed by atoms with E-state index in [-0.39, 0.29) is 5.54 Å². The highest BCUT2D eigenvalue weighted by molar-refractivity contribution is 4.92. The molecule has 3 nitrogen and oxygen atoms in total. The van der Waals surface area contributed by atoms with E-state index in [0.717, 1.165) is 26.2 Å². The zero-order chi connectivity index (χ0) is 10.7. The summed E-state index contributed by atoms with van der Waals surface area (Å²) in [6.45, 7) is 6.17. The maximum atomic E-state index is 6.34. The van der Waals surface area contributed by atoms with E-state index in [0.29, 0.717) is 6.04 Å². The SMILES string of the molecule is CC1CCCCCN1CC1(N)CCOC1. The molecule has 3 heteroatoms. The summed E-state index contributed by atoms with van der Waals surface area (Å²) in [4.78, 5) is 2.57. The van der Waals surface area contributed by atoms with E-state index in [1.165, 1.54) is 32.2 Å². The molecule has 0 aliphatic carbocycles. The first-order chi connectivity index (χ1) is 7.20. The number of nitrogens with zero attached hydrogens (tertiary/aromatic N) is 1. The summed E-state index contributed by atoms with van der Waals surface area (Å²) < 4.78 is 5.42. The highest BCUT2D eigenvalue weighted by atomic mass is 16.5. The highest BCUT2D eigenvalue weighted by Gasteiger charge is 2.33. The van der Waals surface area contributed by atoms with Gasteiger partial charge in [-0.3, -0.25) is 4.90 Å². The van der Waals surface area contributed by atoms with E-state index in [9.17, 15) is 0 Å². The summed E-state index contributed by atoms with van der Waals surface area (Å²) in [6.07, 6.45) is 6.45. The summed E-state index contributed by atoms with van der Waals surface area (Å²) in [6, 6.07) is 0.702. The number of nitrogens with two attached hydrogens (primary N) is 1. The van der Waals surface area contributed by atoms with Crippen LogP contribution in [0.4, 0.5) is 0 Å². The molecule has 2 aliphatic rings. The van der Waals surface area contributed by atoms with Crippen molar-refractivity contribution in [3.05, 3.63) is 0 Å². The van der Waals surface area contributed by atoms with Gasteiger partial charge >= 0.3 is 0 Å². The van der Waals surface area contributed by atoms with Crippen molar-refractivity contribution in [3.8, 4) is 0 Å². The van der Waals surface area contributed by atoms with Gasteiger partial charge in [0.1, 0.15) is 0 Å². The number of likely N-dealkylation sites (tertiary alicyclic amines) is 1. The van der Waals surface area contributed by atoms with Gasteiger partial charge in [-0.15, -0.1) is 0 Å². The molecule has 0 spiro atoms. The molecular formula is C12H24N2O. The largest absolute Gasteiger partial charge is 0.379 e. The standard InChI is InChI=1S/C12H24N2O/c1-11-5-3-2-4-7-14(11)9-12(13)6-8-15-10-12/h11H,2-10,13H2,1H3. The van der Waals surface area contributed by atoms with Gasteiger partial charge in [-0.05, 0) is 32.7 Å². The van der Waals surface area contributed by atoms with Gasteiger partial charge in [-0.2, -0.15) is 0 Å². The normalized spacial score (nSPS) is 39.2. The molecule has 2 unspecified atom stereocenters. The lowest BCUT2D eigenvalue weighted by Gasteiger charge is -2.34. The molecule has 2 saturated heterocycles. The molecular weight excluding hydrogens is 188 g/mol. The molecule has 88 valence electrons. The smallest absolute Gasteiger partial charge is 0.0659 e. The van der Waals surface area contributed by atoms with Crippen LogP contribution in [-0.2, 0) is 4.74 Å². The molecule has 2 rings (SSSR count). The molecule has 15 heavy (non-hydrogen) atoms. The minimum atomic E-state index is -0.0708. The fraction of sp³-hybridized carbons (Fsp3) is 1.00. The van der Waals surface area contributed by atoms with Crippen molar-refractivity contribution in [2.45, 2.75) is 50.6 Å².